The van der Waals surface area contributed by atoms with Crippen LogP contribution in [-0.2, 0) is 9.53 Å². The van der Waals surface area contributed by atoms with E-state index in [4.69, 9.17) is 4.74 Å². The molecule has 1 saturated heterocycles. The first-order chi connectivity index (χ1) is 5.33. The Morgan fingerprint density at radius 1 is 1.73 bits per heavy atom. The van der Waals surface area contributed by atoms with Crippen LogP contribution in [0.1, 0.15) is 0 Å². The number of hydrogen-bond acceptors (Lipinski definition) is 4. The lowest BCUT2D eigenvalue weighted by Crippen LogP contribution is -2.31. The Bertz CT molecular complexity index is 216. The van der Waals surface area contributed by atoms with Gasteiger partial charge in [-0.3, -0.25) is 4.79 Å². The van der Waals surface area contributed by atoms with Crippen LogP contribution in [0.2, 0.25) is 0 Å². The zero-order valence-corrected chi connectivity index (χ0v) is 6.15. The third kappa shape index (κ3) is 0.841. The molecule has 0 aliphatic carbocycles. The molecule has 60 valence electrons. The van der Waals surface area contributed by atoms with E-state index in [1.165, 1.54) is 0 Å². The van der Waals surface area contributed by atoms with Crippen molar-refractivity contribution in [3.63, 3.8) is 0 Å². The average molecular weight is 155 g/mol. The number of nitrogens with zero attached hydrogens (tertiary/aromatic N) is 2. The zero-order chi connectivity index (χ0) is 7.84. The summed E-state index contributed by atoms with van der Waals surface area (Å²) in [6.45, 7) is 0.599. The predicted octanol–water partition coefficient (Wildman–Crippen LogP) is -0.461. The Morgan fingerprint density at radius 2 is 2.55 bits per heavy atom. The molecule has 11 heavy (non-hydrogen) atoms. The van der Waals surface area contributed by atoms with Gasteiger partial charge in [0.25, 0.3) is 0 Å². The molecule has 2 aliphatic rings. The maximum absolute atomic E-state index is 11.1. The summed E-state index contributed by atoms with van der Waals surface area (Å²) in [6, 6.07) is -0.292. The Kier molecular flexibility index (Phi) is 1.38. The van der Waals surface area contributed by atoms with Crippen molar-refractivity contribution in [3.8, 4) is 0 Å². The van der Waals surface area contributed by atoms with Gasteiger partial charge in [-0.1, -0.05) is 0 Å². The van der Waals surface area contributed by atoms with Crippen molar-refractivity contribution in [2.45, 2.75) is 12.3 Å². The van der Waals surface area contributed by atoms with E-state index in [-0.39, 0.29) is 24.1 Å². The van der Waals surface area contributed by atoms with Gasteiger partial charge < -0.3 is 10.1 Å². The lowest BCUT2D eigenvalue weighted by Gasteiger charge is -2.12. The number of fused-ring (bicyclic) bond motifs is 1. The maximum Gasteiger partial charge on any atom is 0.249 e. The van der Waals surface area contributed by atoms with Gasteiger partial charge >= 0.3 is 0 Å². The summed E-state index contributed by atoms with van der Waals surface area (Å²) in [5.41, 5.74) is 0. The second-order valence-corrected chi connectivity index (χ2v) is 2.71. The molecule has 5 heteroatoms. The van der Waals surface area contributed by atoms with Gasteiger partial charge in [-0.25, -0.2) is 0 Å². The number of hydrogen-bond donors (Lipinski definition) is 1. The van der Waals surface area contributed by atoms with Gasteiger partial charge in [0.15, 0.2) is 6.04 Å². The lowest BCUT2D eigenvalue weighted by molar-refractivity contribution is -0.121. The van der Waals surface area contributed by atoms with Crippen LogP contribution in [0.4, 0.5) is 0 Å². The van der Waals surface area contributed by atoms with Gasteiger partial charge in [0.2, 0.25) is 5.91 Å². The molecule has 0 unspecified atom stereocenters. The first-order valence-corrected chi connectivity index (χ1v) is 3.52. The number of nitrogens with one attached hydrogen (secondary N) is 1. The second kappa shape index (κ2) is 2.27. The molecule has 0 saturated carbocycles. The normalized spacial score (nSPS) is 40.8. The zero-order valence-electron chi connectivity index (χ0n) is 6.15. The van der Waals surface area contributed by atoms with Crippen LogP contribution in [-0.4, -0.2) is 31.8 Å². The van der Waals surface area contributed by atoms with Gasteiger partial charge in [-0.15, -0.1) is 0 Å². The molecule has 1 N–H and O–H groups in total. The third-order valence-corrected chi connectivity index (χ3v) is 2.10. The molecule has 0 bridgehead atoms. The SMILES string of the molecule is CO[C@H]1NC(=O)[C@H]2N=NC[C@@H]12. The van der Waals surface area contributed by atoms with Gasteiger partial charge in [0.05, 0.1) is 12.5 Å². The van der Waals surface area contributed by atoms with Crippen LogP contribution < -0.4 is 5.32 Å². The number of amides is 1. The molecule has 1 amide bonds. The molecule has 2 heterocycles. The fraction of sp³-hybridized carbons (Fsp3) is 0.833. The second-order valence-electron chi connectivity index (χ2n) is 2.71. The van der Waals surface area contributed by atoms with E-state index >= 15 is 0 Å². The Balaban J connectivity index is 2.18. The smallest absolute Gasteiger partial charge is 0.249 e. The average Bonchev–Trinajstić information content (AvgIpc) is 2.54. The van der Waals surface area contributed by atoms with Crippen molar-refractivity contribution in [1.82, 2.24) is 5.32 Å². The largest absolute Gasteiger partial charge is 0.361 e. The number of carbonyl (C=O) groups excluding carboxylic acids is 1. The van der Waals surface area contributed by atoms with Crippen LogP contribution in [0.25, 0.3) is 0 Å². The molecule has 5 nitrogen and oxygen atoms in total. The highest BCUT2D eigenvalue weighted by atomic mass is 16.5. The number of methoxy groups -OCH3 is 1. The van der Waals surface area contributed by atoms with Crippen LogP contribution in [0.5, 0.6) is 0 Å². The maximum atomic E-state index is 11.1. The minimum atomic E-state index is -0.292. The van der Waals surface area contributed by atoms with Gasteiger partial charge in [-0.2, -0.15) is 10.2 Å². The number of ether oxygens (including phenoxy) is 1. The van der Waals surface area contributed by atoms with E-state index in [1.807, 2.05) is 0 Å². The Morgan fingerprint density at radius 3 is 3.27 bits per heavy atom. The van der Waals surface area contributed by atoms with Gasteiger partial charge in [0.1, 0.15) is 6.23 Å². The molecular formula is C6H9N3O2. The highest BCUT2D eigenvalue weighted by molar-refractivity contribution is 5.85. The van der Waals surface area contributed by atoms with Crippen LogP contribution in [0, 0.1) is 5.92 Å². The molecule has 0 aromatic rings. The van der Waals surface area contributed by atoms with E-state index in [0.717, 1.165) is 0 Å². The van der Waals surface area contributed by atoms with Crippen molar-refractivity contribution in [2.24, 2.45) is 16.1 Å². The van der Waals surface area contributed by atoms with Gasteiger partial charge in [0, 0.05) is 7.11 Å². The summed E-state index contributed by atoms with van der Waals surface area (Å²) >= 11 is 0. The summed E-state index contributed by atoms with van der Waals surface area (Å²) in [5.74, 6) is 0.0515. The fourth-order valence-corrected chi connectivity index (χ4v) is 1.49. The molecule has 0 spiro atoms. The molecule has 0 aromatic carbocycles. The standard InChI is InChI=1S/C6H9N3O2/c1-11-6-3-2-7-9-4(3)5(10)8-6/h3-4,6H,2H2,1H3,(H,8,10)/t3-,4+,6-/m1/s1. The molecule has 1 fully saturated rings. The van der Waals surface area contributed by atoms with E-state index in [0.29, 0.717) is 6.54 Å². The Labute approximate surface area is 63.8 Å². The molecule has 0 aromatic heterocycles. The van der Waals surface area contributed by atoms with Crippen LogP contribution in [0.3, 0.4) is 0 Å². The number of carbonyl (C=O) groups is 1. The molecule has 0 radical (unpaired) electrons. The minimum absolute atomic E-state index is 0.0666. The van der Waals surface area contributed by atoms with Crippen molar-refractivity contribution in [3.05, 3.63) is 0 Å². The summed E-state index contributed by atoms with van der Waals surface area (Å²) in [5, 5.41) is 10.3. The topological polar surface area (TPSA) is 63.0 Å². The van der Waals surface area contributed by atoms with Crippen molar-refractivity contribution in [1.29, 1.82) is 0 Å². The van der Waals surface area contributed by atoms with Gasteiger partial charge in [-0.05, 0) is 0 Å². The minimum Gasteiger partial charge on any atom is -0.361 e. The third-order valence-electron chi connectivity index (χ3n) is 2.10. The monoisotopic (exact) mass is 155 g/mol. The number of azo groups is 1. The van der Waals surface area contributed by atoms with E-state index in [9.17, 15) is 4.79 Å². The van der Waals surface area contributed by atoms with Crippen molar-refractivity contribution in [2.75, 3.05) is 13.7 Å². The van der Waals surface area contributed by atoms with Crippen molar-refractivity contribution >= 4 is 5.91 Å². The molecular weight excluding hydrogens is 146 g/mol. The molecule has 2 aliphatic heterocycles. The Hall–Kier alpha value is -0.970. The molecule has 2 rings (SSSR count). The van der Waals surface area contributed by atoms with E-state index in [1.54, 1.807) is 7.11 Å². The van der Waals surface area contributed by atoms with Crippen LogP contribution >= 0.6 is 0 Å². The molecule has 3 atom stereocenters. The predicted molar refractivity (Wildman–Crippen MR) is 35.9 cm³/mol. The first kappa shape index (κ1) is 6.72. The number of rotatable bonds is 1. The van der Waals surface area contributed by atoms with Crippen molar-refractivity contribution < 1.29 is 9.53 Å². The summed E-state index contributed by atoms with van der Waals surface area (Å²) < 4.78 is 5.04. The summed E-state index contributed by atoms with van der Waals surface area (Å²) in [4.78, 5) is 11.1. The first-order valence-electron chi connectivity index (χ1n) is 3.52. The fourth-order valence-electron chi connectivity index (χ4n) is 1.49. The highest BCUT2D eigenvalue weighted by Crippen LogP contribution is 2.26. The van der Waals surface area contributed by atoms with E-state index in [2.05, 4.69) is 15.5 Å². The summed E-state index contributed by atoms with van der Waals surface area (Å²) in [7, 11) is 1.58. The van der Waals surface area contributed by atoms with Crippen LogP contribution in [0.15, 0.2) is 10.2 Å². The summed E-state index contributed by atoms with van der Waals surface area (Å²) in [6.07, 6.45) is -0.192. The lowest BCUT2D eigenvalue weighted by atomic mass is 10.0. The highest BCUT2D eigenvalue weighted by Gasteiger charge is 2.45. The quantitative estimate of drug-likeness (QED) is 0.557. The van der Waals surface area contributed by atoms with E-state index < -0.39 is 0 Å².